The number of carbonyl (C=O) groups is 1. The molecule has 0 aromatic rings. The molecule has 1 aliphatic rings. The Morgan fingerprint density at radius 2 is 2.12 bits per heavy atom. The summed E-state index contributed by atoms with van der Waals surface area (Å²) >= 11 is 2.44. The molecule has 0 unspecified atom stereocenters. The Hall–Kier alpha value is 0. The number of ether oxygens (including phenoxy) is 1. The Morgan fingerprint density at radius 3 is 2.62 bits per heavy atom. The van der Waals surface area contributed by atoms with Gasteiger partial charge in [0, 0.05) is 17.0 Å². The summed E-state index contributed by atoms with van der Waals surface area (Å²) in [7, 11) is 0. The maximum absolute atomic E-state index is 11.9. The van der Waals surface area contributed by atoms with Crippen LogP contribution in [-0.4, -0.2) is 33.6 Å². The summed E-state index contributed by atoms with van der Waals surface area (Å²) in [6, 6.07) is 0. The first kappa shape index (κ1) is 14.1. The van der Waals surface area contributed by atoms with E-state index in [0.717, 1.165) is 19.5 Å². The minimum absolute atomic E-state index is 0.158. The summed E-state index contributed by atoms with van der Waals surface area (Å²) in [6.45, 7) is 9.63. The van der Waals surface area contributed by atoms with Gasteiger partial charge < -0.3 is 9.64 Å². The molecular weight excluding hydrogens is 317 g/mol. The van der Waals surface area contributed by atoms with Crippen LogP contribution in [0, 0.1) is 5.92 Å². The Labute approximate surface area is 112 Å². The van der Waals surface area contributed by atoms with E-state index in [1.165, 1.54) is 6.42 Å². The van der Waals surface area contributed by atoms with Gasteiger partial charge in [0.05, 0.1) is 0 Å². The predicted octanol–water partition coefficient (Wildman–Crippen LogP) is 3.46. The normalized spacial score (nSPS) is 24.1. The second kappa shape index (κ2) is 5.56. The largest absolute Gasteiger partial charge is 0.444 e. The maximum atomic E-state index is 11.9. The topological polar surface area (TPSA) is 29.5 Å². The molecule has 94 valence electrons. The molecule has 0 saturated carbocycles. The van der Waals surface area contributed by atoms with Crippen LogP contribution in [-0.2, 0) is 4.74 Å². The molecule has 1 rings (SSSR count). The molecule has 1 fully saturated rings. The number of nitrogens with zero attached hydrogens (tertiary/aromatic N) is 1. The van der Waals surface area contributed by atoms with Gasteiger partial charge in [-0.05, 0) is 39.5 Å². The van der Waals surface area contributed by atoms with Gasteiger partial charge in [-0.1, -0.05) is 29.5 Å². The highest BCUT2D eigenvalue weighted by Gasteiger charge is 2.29. The molecule has 1 aliphatic heterocycles. The molecule has 0 aliphatic carbocycles. The van der Waals surface area contributed by atoms with Crippen molar-refractivity contribution in [3.8, 4) is 0 Å². The minimum Gasteiger partial charge on any atom is -0.444 e. The fraction of sp³-hybridized carbons (Fsp3) is 0.917. The van der Waals surface area contributed by atoms with E-state index in [1.807, 2.05) is 25.7 Å². The first-order valence-corrected chi connectivity index (χ1v) is 7.16. The van der Waals surface area contributed by atoms with Crippen molar-refractivity contribution in [2.45, 2.75) is 50.1 Å². The Bertz CT molecular complexity index is 248. The summed E-state index contributed by atoms with van der Waals surface area (Å²) < 4.78 is 6.00. The van der Waals surface area contributed by atoms with E-state index in [1.54, 1.807) is 0 Å². The molecule has 0 radical (unpaired) electrons. The van der Waals surface area contributed by atoms with Crippen LogP contribution in [0.15, 0.2) is 0 Å². The predicted molar refractivity (Wildman–Crippen MR) is 74.0 cm³/mol. The molecular formula is C12H22INO2. The van der Waals surface area contributed by atoms with Gasteiger partial charge in [0.25, 0.3) is 0 Å². The lowest BCUT2D eigenvalue weighted by molar-refractivity contribution is 0.0169. The number of piperidine rings is 1. The van der Waals surface area contributed by atoms with Crippen molar-refractivity contribution in [3.05, 3.63) is 0 Å². The Kier molecular flexibility index (Phi) is 4.88. The average molecular weight is 339 g/mol. The highest BCUT2D eigenvalue weighted by atomic mass is 127. The standard InChI is InChI=1S/C12H22INO2/c1-9(13)10-6-5-7-14(8-10)11(15)16-12(2,3)4/h9-10H,5-8H2,1-4H3/t9-,10-/m1/s1. The first-order chi connectivity index (χ1) is 7.29. The van der Waals surface area contributed by atoms with Crippen molar-refractivity contribution in [2.24, 2.45) is 5.92 Å². The van der Waals surface area contributed by atoms with Crippen LogP contribution < -0.4 is 0 Å². The first-order valence-electron chi connectivity index (χ1n) is 5.91. The van der Waals surface area contributed by atoms with Crippen LogP contribution in [0.4, 0.5) is 4.79 Å². The lowest BCUT2D eigenvalue weighted by Crippen LogP contribution is -2.44. The van der Waals surface area contributed by atoms with E-state index in [4.69, 9.17) is 4.74 Å². The second-order valence-corrected chi connectivity index (χ2v) is 7.47. The Balaban J connectivity index is 2.50. The van der Waals surface area contributed by atoms with Crippen LogP contribution in [0.25, 0.3) is 0 Å². The summed E-state index contributed by atoms with van der Waals surface area (Å²) in [5.74, 6) is 0.613. The molecule has 0 spiro atoms. The SMILES string of the molecule is C[C@@H](I)[C@@H]1CCCN(C(=O)OC(C)(C)C)C1. The zero-order valence-corrected chi connectivity index (χ0v) is 12.8. The van der Waals surface area contributed by atoms with Crippen LogP contribution >= 0.6 is 22.6 Å². The number of likely N-dealkylation sites (tertiary alicyclic amines) is 1. The Morgan fingerprint density at radius 1 is 1.50 bits per heavy atom. The van der Waals surface area contributed by atoms with E-state index in [-0.39, 0.29) is 11.7 Å². The van der Waals surface area contributed by atoms with Crippen LogP contribution in [0.2, 0.25) is 0 Å². The summed E-state index contributed by atoms with van der Waals surface area (Å²) in [6.07, 6.45) is 2.16. The third-order valence-corrected chi connectivity index (χ3v) is 3.78. The van der Waals surface area contributed by atoms with Crippen molar-refractivity contribution < 1.29 is 9.53 Å². The van der Waals surface area contributed by atoms with Crippen LogP contribution in [0.3, 0.4) is 0 Å². The molecule has 0 N–H and O–H groups in total. The van der Waals surface area contributed by atoms with Crippen LogP contribution in [0.1, 0.15) is 40.5 Å². The highest BCUT2D eigenvalue weighted by molar-refractivity contribution is 14.1. The van der Waals surface area contributed by atoms with E-state index >= 15 is 0 Å². The maximum Gasteiger partial charge on any atom is 0.410 e. The number of rotatable bonds is 1. The number of carbonyl (C=O) groups excluding carboxylic acids is 1. The summed E-state index contributed by atoms with van der Waals surface area (Å²) in [5, 5.41) is 0. The third-order valence-electron chi connectivity index (χ3n) is 2.76. The molecule has 3 nitrogen and oxygen atoms in total. The summed E-state index contributed by atoms with van der Waals surface area (Å²) in [5.41, 5.74) is -0.389. The quantitative estimate of drug-likeness (QED) is 0.541. The summed E-state index contributed by atoms with van der Waals surface area (Å²) in [4.78, 5) is 13.7. The molecule has 4 heteroatoms. The fourth-order valence-corrected chi connectivity index (χ4v) is 2.46. The van der Waals surface area contributed by atoms with E-state index in [9.17, 15) is 4.79 Å². The van der Waals surface area contributed by atoms with Crippen molar-refractivity contribution >= 4 is 28.7 Å². The van der Waals surface area contributed by atoms with Gasteiger partial charge in [-0.2, -0.15) is 0 Å². The number of hydrogen-bond acceptors (Lipinski definition) is 2. The van der Waals surface area contributed by atoms with Gasteiger partial charge in [-0.15, -0.1) is 0 Å². The average Bonchev–Trinajstić information content (AvgIpc) is 2.15. The molecule has 0 aromatic carbocycles. The molecule has 2 atom stereocenters. The second-order valence-electron chi connectivity index (χ2n) is 5.51. The minimum atomic E-state index is -0.389. The number of alkyl halides is 1. The number of hydrogen-bond donors (Lipinski definition) is 0. The van der Waals surface area contributed by atoms with Crippen molar-refractivity contribution in [2.75, 3.05) is 13.1 Å². The molecule has 1 saturated heterocycles. The van der Waals surface area contributed by atoms with E-state index in [0.29, 0.717) is 9.84 Å². The zero-order valence-electron chi connectivity index (χ0n) is 10.6. The molecule has 0 bridgehead atoms. The lowest BCUT2D eigenvalue weighted by atomic mass is 9.96. The molecule has 1 heterocycles. The lowest BCUT2D eigenvalue weighted by Gasteiger charge is -2.35. The van der Waals surface area contributed by atoms with Crippen LogP contribution in [0.5, 0.6) is 0 Å². The van der Waals surface area contributed by atoms with Gasteiger partial charge in [-0.25, -0.2) is 4.79 Å². The fourth-order valence-electron chi connectivity index (χ4n) is 1.88. The smallest absolute Gasteiger partial charge is 0.410 e. The number of halogens is 1. The highest BCUT2D eigenvalue weighted by Crippen LogP contribution is 2.25. The van der Waals surface area contributed by atoms with Gasteiger partial charge in [0.1, 0.15) is 5.60 Å². The zero-order chi connectivity index (χ0) is 12.3. The molecule has 16 heavy (non-hydrogen) atoms. The number of amides is 1. The third kappa shape index (κ3) is 4.47. The van der Waals surface area contributed by atoms with Gasteiger partial charge >= 0.3 is 6.09 Å². The van der Waals surface area contributed by atoms with Crippen molar-refractivity contribution in [3.63, 3.8) is 0 Å². The van der Waals surface area contributed by atoms with Gasteiger partial charge in [-0.3, -0.25) is 0 Å². The molecule has 0 aromatic heterocycles. The molecule has 1 amide bonds. The van der Waals surface area contributed by atoms with Crippen molar-refractivity contribution in [1.29, 1.82) is 0 Å². The monoisotopic (exact) mass is 339 g/mol. The van der Waals surface area contributed by atoms with E-state index in [2.05, 4.69) is 29.5 Å². The van der Waals surface area contributed by atoms with Crippen molar-refractivity contribution in [1.82, 2.24) is 4.90 Å². The van der Waals surface area contributed by atoms with Gasteiger partial charge in [0.2, 0.25) is 0 Å². The van der Waals surface area contributed by atoms with Gasteiger partial charge in [0.15, 0.2) is 0 Å². The van der Waals surface area contributed by atoms with E-state index < -0.39 is 0 Å².